The molecule has 0 spiro atoms. The minimum Gasteiger partial charge on any atom is -0.508 e. The Morgan fingerprint density at radius 2 is 2.10 bits per heavy atom. The number of aromatic hydroxyl groups is 2. The van der Waals surface area contributed by atoms with E-state index in [4.69, 9.17) is 4.74 Å². The van der Waals surface area contributed by atoms with Gasteiger partial charge >= 0.3 is 5.97 Å². The number of benzene rings is 1. The highest BCUT2D eigenvalue weighted by atomic mass is 16.5. The molecule has 1 saturated heterocycles. The van der Waals surface area contributed by atoms with Crippen LogP contribution < -0.4 is 0 Å². The first-order chi connectivity index (χ1) is 9.86. The molecule has 1 aliphatic heterocycles. The Bertz CT molecular complexity index is 599. The van der Waals surface area contributed by atoms with Gasteiger partial charge < -0.3 is 14.9 Å². The average molecular weight is 290 g/mol. The number of allylic oxidation sites excluding steroid dienone is 1. The van der Waals surface area contributed by atoms with Gasteiger partial charge in [0.05, 0.1) is 11.5 Å². The summed E-state index contributed by atoms with van der Waals surface area (Å²) in [6.07, 6.45) is 1.98. The molecule has 0 radical (unpaired) electrons. The van der Waals surface area contributed by atoms with Gasteiger partial charge in [0.15, 0.2) is 5.78 Å². The van der Waals surface area contributed by atoms with E-state index in [2.05, 4.69) is 0 Å². The quantitative estimate of drug-likeness (QED) is 0.385. The number of esters is 1. The van der Waals surface area contributed by atoms with Crippen molar-refractivity contribution in [3.63, 3.8) is 0 Å². The van der Waals surface area contributed by atoms with Crippen LogP contribution in [0.2, 0.25) is 0 Å². The molecular weight excluding hydrogens is 272 g/mol. The van der Waals surface area contributed by atoms with E-state index >= 15 is 0 Å². The van der Waals surface area contributed by atoms with E-state index in [0.717, 1.165) is 5.57 Å². The molecule has 0 saturated carbocycles. The molecule has 21 heavy (non-hydrogen) atoms. The Balaban J connectivity index is 2.08. The number of ketones is 1. The second-order valence-electron chi connectivity index (χ2n) is 5.48. The molecule has 0 unspecified atom stereocenters. The van der Waals surface area contributed by atoms with Crippen molar-refractivity contribution in [2.45, 2.75) is 32.8 Å². The summed E-state index contributed by atoms with van der Waals surface area (Å²) >= 11 is 0. The summed E-state index contributed by atoms with van der Waals surface area (Å²) in [5, 5.41) is 19.0. The van der Waals surface area contributed by atoms with Gasteiger partial charge in [-0.2, -0.15) is 0 Å². The van der Waals surface area contributed by atoms with Crippen molar-refractivity contribution in [1.29, 1.82) is 0 Å². The first-order valence-corrected chi connectivity index (χ1v) is 6.77. The molecular formula is C16H18O5. The largest absolute Gasteiger partial charge is 0.508 e. The van der Waals surface area contributed by atoms with Gasteiger partial charge in [-0.1, -0.05) is 5.57 Å². The van der Waals surface area contributed by atoms with Crippen LogP contribution in [0.5, 0.6) is 11.5 Å². The lowest BCUT2D eigenvalue weighted by atomic mass is 9.94. The standard InChI is InChI=1S/C16H18O5/c1-9(2)5-12-6-10(16(20)21-12)7-15(19)13-8-11(17)3-4-14(13)18/h3-5,8,10,12,17-18H,6-7H2,1-2H3/t10-,12-/m0/s1. The second-order valence-corrected chi connectivity index (χ2v) is 5.48. The first-order valence-electron chi connectivity index (χ1n) is 6.77. The summed E-state index contributed by atoms with van der Waals surface area (Å²) in [5.74, 6) is -1.61. The van der Waals surface area contributed by atoms with E-state index in [1.807, 2.05) is 19.9 Å². The maximum Gasteiger partial charge on any atom is 0.310 e. The highest BCUT2D eigenvalue weighted by Gasteiger charge is 2.35. The number of ether oxygens (including phenoxy) is 1. The molecule has 1 aliphatic rings. The average Bonchev–Trinajstić information content (AvgIpc) is 2.71. The topological polar surface area (TPSA) is 83.8 Å². The van der Waals surface area contributed by atoms with Crippen LogP contribution in [0.3, 0.4) is 0 Å². The normalized spacial score (nSPS) is 21.0. The molecule has 0 aromatic heterocycles. The number of Topliss-reactive ketones (excluding diaryl/α,β-unsaturated/α-hetero) is 1. The molecule has 1 heterocycles. The predicted molar refractivity (Wildman–Crippen MR) is 76.1 cm³/mol. The van der Waals surface area contributed by atoms with Crippen LogP contribution in [-0.2, 0) is 9.53 Å². The number of carbonyl (C=O) groups excluding carboxylic acids is 2. The fourth-order valence-electron chi connectivity index (χ4n) is 2.39. The Morgan fingerprint density at radius 1 is 1.38 bits per heavy atom. The Hall–Kier alpha value is -2.30. The number of carbonyl (C=O) groups is 2. The zero-order valence-corrected chi connectivity index (χ0v) is 12.0. The monoisotopic (exact) mass is 290 g/mol. The van der Waals surface area contributed by atoms with Gasteiger partial charge in [-0.25, -0.2) is 0 Å². The molecule has 1 aromatic rings. The maximum absolute atomic E-state index is 12.2. The zero-order chi connectivity index (χ0) is 15.6. The number of hydrogen-bond donors (Lipinski definition) is 2. The third-order valence-corrected chi connectivity index (χ3v) is 3.35. The summed E-state index contributed by atoms with van der Waals surface area (Å²) in [7, 11) is 0. The summed E-state index contributed by atoms with van der Waals surface area (Å²) in [4.78, 5) is 23.9. The van der Waals surface area contributed by atoms with Crippen LogP contribution in [0.4, 0.5) is 0 Å². The highest BCUT2D eigenvalue weighted by molar-refractivity contribution is 6.00. The van der Waals surface area contributed by atoms with Gasteiger partial charge in [-0.05, 0) is 38.1 Å². The Kier molecular flexibility index (Phi) is 4.31. The summed E-state index contributed by atoms with van der Waals surface area (Å²) in [6, 6.07) is 3.74. The summed E-state index contributed by atoms with van der Waals surface area (Å²) in [6.45, 7) is 3.83. The van der Waals surface area contributed by atoms with Gasteiger partial charge in [0, 0.05) is 12.8 Å². The van der Waals surface area contributed by atoms with Crippen LogP contribution in [0, 0.1) is 5.92 Å². The van der Waals surface area contributed by atoms with E-state index in [-0.39, 0.29) is 35.4 Å². The first kappa shape index (κ1) is 15.1. The fourth-order valence-corrected chi connectivity index (χ4v) is 2.39. The van der Waals surface area contributed by atoms with Gasteiger partial charge in [-0.3, -0.25) is 9.59 Å². The van der Waals surface area contributed by atoms with Crippen LogP contribution in [-0.4, -0.2) is 28.1 Å². The third-order valence-electron chi connectivity index (χ3n) is 3.35. The lowest BCUT2D eigenvalue weighted by molar-refractivity contribution is -0.143. The summed E-state index contributed by atoms with van der Waals surface area (Å²) in [5.41, 5.74) is 1.07. The zero-order valence-electron chi connectivity index (χ0n) is 12.0. The van der Waals surface area contributed by atoms with Crippen LogP contribution in [0.15, 0.2) is 29.8 Å². The van der Waals surface area contributed by atoms with Crippen molar-refractivity contribution in [2.75, 3.05) is 0 Å². The molecule has 5 heteroatoms. The van der Waals surface area contributed by atoms with Crippen molar-refractivity contribution >= 4 is 11.8 Å². The number of hydrogen-bond acceptors (Lipinski definition) is 5. The van der Waals surface area contributed by atoms with E-state index in [1.54, 1.807) is 0 Å². The van der Waals surface area contributed by atoms with Gasteiger partial charge in [-0.15, -0.1) is 0 Å². The SMILES string of the molecule is CC(C)=C[C@H]1C[C@@H](CC(=O)c2cc(O)ccc2O)C(=O)O1. The van der Waals surface area contributed by atoms with E-state index in [9.17, 15) is 19.8 Å². The van der Waals surface area contributed by atoms with Crippen LogP contribution in [0.1, 0.15) is 37.0 Å². The molecule has 1 fully saturated rings. The van der Waals surface area contributed by atoms with E-state index < -0.39 is 11.9 Å². The second kappa shape index (κ2) is 5.99. The van der Waals surface area contributed by atoms with Gasteiger partial charge in [0.2, 0.25) is 0 Å². The molecule has 2 rings (SSSR count). The Labute approximate surface area is 122 Å². The van der Waals surface area contributed by atoms with Gasteiger partial charge in [0.1, 0.15) is 17.6 Å². The van der Waals surface area contributed by atoms with Crippen molar-refractivity contribution in [2.24, 2.45) is 5.92 Å². The van der Waals surface area contributed by atoms with Crippen molar-refractivity contribution in [1.82, 2.24) is 0 Å². The molecule has 112 valence electrons. The minimum absolute atomic E-state index is 0.0217. The van der Waals surface area contributed by atoms with Crippen molar-refractivity contribution in [3.8, 4) is 11.5 Å². The van der Waals surface area contributed by atoms with Crippen molar-refractivity contribution in [3.05, 3.63) is 35.4 Å². The third kappa shape index (κ3) is 3.62. The lowest BCUT2D eigenvalue weighted by Crippen LogP contribution is -2.13. The molecule has 2 atom stereocenters. The number of phenols is 2. The number of cyclic esters (lactones) is 1. The Morgan fingerprint density at radius 3 is 2.76 bits per heavy atom. The van der Waals surface area contributed by atoms with Gasteiger partial charge in [0.25, 0.3) is 0 Å². The molecule has 1 aromatic carbocycles. The van der Waals surface area contributed by atoms with Crippen LogP contribution in [0.25, 0.3) is 0 Å². The smallest absolute Gasteiger partial charge is 0.310 e. The molecule has 0 bridgehead atoms. The van der Waals surface area contributed by atoms with E-state index in [1.165, 1.54) is 18.2 Å². The molecule has 0 aliphatic carbocycles. The fraction of sp³-hybridized carbons (Fsp3) is 0.375. The maximum atomic E-state index is 12.2. The molecule has 5 nitrogen and oxygen atoms in total. The predicted octanol–water partition coefficient (Wildman–Crippen LogP) is 2.57. The lowest BCUT2D eigenvalue weighted by Gasteiger charge is -2.07. The molecule has 0 amide bonds. The number of phenolic OH excluding ortho intramolecular Hbond substituents is 2. The minimum atomic E-state index is -0.514. The van der Waals surface area contributed by atoms with Crippen LogP contribution >= 0.6 is 0 Å². The van der Waals surface area contributed by atoms with Crippen molar-refractivity contribution < 1.29 is 24.5 Å². The van der Waals surface area contributed by atoms with E-state index in [0.29, 0.717) is 6.42 Å². The molecule has 2 N–H and O–H groups in total. The number of rotatable bonds is 4. The summed E-state index contributed by atoms with van der Waals surface area (Å²) < 4.78 is 5.20. The highest BCUT2D eigenvalue weighted by Crippen LogP contribution is 2.30.